The quantitative estimate of drug-likeness (QED) is 0.190. The highest BCUT2D eigenvalue weighted by Gasteiger charge is 2.25. The number of benzene rings is 2. The van der Waals surface area contributed by atoms with E-state index in [1.165, 1.54) is 0 Å². The molecule has 45 heavy (non-hydrogen) atoms. The first kappa shape index (κ1) is 31.2. The maximum Gasteiger partial charge on any atom is 0.336 e. The molecule has 2 heterocycles. The molecule has 1 amide bonds. The molecule has 5 rings (SSSR count). The van der Waals surface area contributed by atoms with Crippen molar-refractivity contribution < 1.29 is 33.1 Å². The molecule has 2 aromatic carbocycles. The van der Waals surface area contributed by atoms with E-state index in [1.807, 2.05) is 48.5 Å². The molecule has 1 unspecified atom stereocenters. The smallest absolute Gasteiger partial charge is 0.336 e. The van der Waals surface area contributed by atoms with Crippen molar-refractivity contribution in [2.75, 3.05) is 14.2 Å². The van der Waals surface area contributed by atoms with Crippen LogP contribution in [0.3, 0.4) is 0 Å². The van der Waals surface area contributed by atoms with Crippen LogP contribution in [0.1, 0.15) is 49.6 Å². The molecule has 11 nitrogen and oxygen atoms in total. The van der Waals surface area contributed by atoms with Crippen molar-refractivity contribution in [3.8, 4) is 28.8 Å². The number of allylic oxidation sites excluding steroid dienone is 1. The number of rotatable bonds is 13. The molecule has 0 radical (unpaired) electrons. The first-order valence-corrected chi connectivity index (χ1v) is 14.8. The van der Waals surface area contributed by atoms with Gasteiger partial charge in [-0.1, -0.05) is 36.3 Å². The number of hydrogen-bond acceptors (Lipinski definition) is 10. The Labute approximate surface area is 261 Å². The monoisotopic (exact) mass is 612 g/mol. The van der Waals surface area contributed by atoms with Crippen LogP contribution in [0.2, 0.25) is 0 Å². The molecule has 1 aliphatic rings. The molecule has 2 aromatic heterocycles. The maximum atomic E-state index is 13.1. The maximum absolute atomic E-state index is 13.1. The normalized spacial score (nSPS) is 13.6. The Morgan fingerprint density at radius 2 is 1.51 bits per heavy atom. The van der Waals surface area contributed by atoms with Crippen molar-refractivity contribution in [2.45, 2.75) is 52.2 Å². The van der Waals surface area contributed by atoms with E-state index in [4.69, 9.17) is 23.5 Å². The van der Waals surface area contributed by atoms with Gasteiger partial charge in [0.1, 0.15) is 36.2 Å². The summed E-state index contributed by atoms with van der Waals surface area (Å²) in [7, 11) is 3.22. The average molecular weight is 613 g/mol. The number of aromatic nitrogens is 3. The summed E-state index contributed by atoms with van der Waals surface area (Å²) >= 11 is 0. The summed E-state index contributed by atoms with van der Waals surface area (Å²) in [5, 5.41) is 6.99. The average Bonchev–Trinajstić information content (AvgIpc) is 3.55. The fraction of sp³-hybridized carbons (Fsp3) is 0.324. The summed E-state index contributed by atoms with van der Waals surface area (Å²) in [6.45, 7) is 2.30. The summed E-state index contributed by atoms with van der Waals surface area (Å²) in [5.74, 6) is 1.61. The number of amides is 1. The van der Waals surface area contributed by atoms with Crippen LogP contribution >= 0.6 is 0 Å². The zero-order valence-electron chi connectivity index (χ0n) is 25.6. The second-order valence-electron chi connectivity index (χ2n) is 10.7. The van der Waals surface area contributed by atoms with Crippen molar-refractivity contribution in [1.82, 2.24) is 20.4 Å². The molecule has 0 saturated carbocycles. The number of hydrogen-bond donors (Lipinski definition) is 1. The predicted molar refractivity (Wildman–Crippen MR) is 164 cm³/mol. The van der Waals surface area contributed by atoms with Crippen LogP contribution in [0.25, 0.3) is 11.5 Å². The van der Waals surface area contributed by atoms with Gasteiger partial charge in [-0.3, -0.25) is 4.79 Å². The number of ether oxygens (including phenoxy) is 4. The van der Waals surface area contributed by atoms with Gasteiger partial charge >= 0.3 is 5.97 Å². The van der Waals surface area contributed by atoms with E-state index in [1.54, 1.807) is 39.5 Å². The molecule has 0 fully saturated rings. The van der Waals surface area contributed by atoms with E-state index in [-0.39, 0.29) is 18.9 Å². The SMILES string of the molecule is COc1ccc(COC(=O)C2=C(NC(=O)C(C)Cc3nc(-c4ccc(OCc5ccc(OC)cc5)cn4)no3)CCCC2)cc1. The van der Waals surface area contributed by atoms with E-state index >= 15 is 0 Å². The van der Waals surface area contributed by atoms with Crippen LogP contribution < -0.4 is 19.5 Å². The lowest BCUT2D eigenvalue weighted by Gasteiger charge is -2.21. The molecule has 1 aliphatic carbocycles. The fourth-order valence-electron chi connectivity index (χ4n) is 4.78. The third-order valence-corrected chi connectivity index (χ3v) is 7.44. The Morgan fingerprint density at radius 3 is 2.16 bits per heavy atom. The molecular weight excluding hydrogens is 576 g/mol. The molecule has 1 atom stereocenters. The van der Waals surface area contributed by atoms with Crippen LogP contribution in [-0.2, 0) is 34.0 Å². The van der Waals surface area contributed by atoms with Crippen molar-refractivity contribution in [2.24, 2.45) is 5.92 Å². The lowest BCUT2D eigenvalue weighted by Crippen LogP contribution is -2.32. The number of pyridine rings is 1. The molecule has 11 heteroatoms. The minimum atomic E-state index is -0.481. The van der Waals surface area contributed by atoms with Gasteiger partial charge in [0.25, 0.3) is 0 Å². The van der Waals surface area contributed by atoms with Gasteiger partial charge in [0, 0.05) is 18.0 Å². The summed E-state index contributed by atoms with van der Waals surface area (Å²) in [5.41, 5.74) is 3.49. The summed E-state index contributed by atoms with van der Waals surface area (Å²) in [6, 6.07) is 18.5. The van der Waals surface area contributed by atoms with Crippen LogP contribution in [0, 0.1) is 5.92 Å². The Morgan fingerprint density at radius 1 is 0.867 bits per heavy atom. The molecule has 4 aromatic rings. The Kier molecular flexibility index (Phi) is 10.4. The first-order chi connectivity index (χ1) is 21.9. The number of methoxy groups -OCH3 is 2. The highest BCUT2D eigenvalue weighted by atomic mass is 16.5. The minimum absolute atomic E-state index is 0.137. The Hall–Kier alpha value is -5.19. The summed E-state index contributed by atoms with van der Waals surface area (Å²) < 4.78 is 27.1. The van der Waals surface area contributed by atoms with Crippen LogP contribution in [-0.4, -0.2) is 41.2 Å². The number of carbonyl (C=O) groups is 2. The molecule has 0 bridgehead atoms. The molecule has 234 valence electrons. The number of carbonyl (C=O) groups excluding carboxylic acids is 2. The largest absolute Gasteiger partial charge is 0.497 e. The van der Waals surface area contributed by atoms with Crippen molar-refractivity contribution in [1.29, 1.82) is 0 Å². The highest BCUT2D eigenvalue weighted by Crippen LogP contribution is 2.26. The van der Waals surface area contributed by atoms with Gasteiger partial charge in [-0.05, 0) is 73.2 Å². The molecule has 0 saturated heterocycles. The second-order valence-corrected chi connectivity index (χ2v) is 10.7. The van der Waals surface area contributed by atoms with Gasteiger partial charge in [0.05, 0.1) is 26.0 Å². The van der Waals surface area contributed by atoms with Gasteiger partial charge in [-0.2, -0.15) is 4.98 Å². The summed E-state index contributed by atoms with van der Waals surface area (Å²) in [4.78, 5) is 34.8. The topological polar surface area (TPSA) is 135 Å². The van der Waals surface area contributed by atoms with E-state index in [2.05, 4.69) is 20.4 Å². The lowest BCUT2D eigenvalue weighted by molar-refractivity contribution is -0.140. The zero-order valence-corrected chi connectivity index (χ0v) is 25.6. The van der Waals surface area contributed by atoms with Gasteiger partial charge in [-0.25, -0.2) is 9.78 Å². The van der Waals surface area contributed by atoms with Crippen LogP contribution in [0.5, 0.6) is 17.2 Å². The second kappa shape index (κ2) is 15.0. The number of nitrogens with zero attached hydrogens (tertiary/aromatic N) is 3. The standard InChI is InChI=1S/C34H36N4O7/c1-22(33(39)36-29-7-5-4-6-28(29)34(40)44-21-24-10-14-26(42-3)15-11-24)18-31-37-32(38-45-31)30-17-16-27(19-35-30)43-20-23-8-12-25(41-2)13-9-23/h8-17,19,22H,4-7,18,20-21H2,1-3H3,(H,36,39). The zero-order chi connectivity index (χ0) is 31.6. The molecule has 0 aliphatic heterocycles. The van der Waals surface area contributed by atoms with E-state index in [0.29, 0.717) is 53.9 Å². The van der Waals surface area contributed by atoms with E-state index in [0.717, 1.165) is 35.5 Å². The van der Waals surface area contributed by atoms with Crippen LogP contribution in [0.4, 0.5) is 0 Å². The van der Waals surface area contributed by atoms with Gasteiger partial charge < -0.3 is 28.8 Å². The third-order valence-electron chi connectivity index (χ3n) is 7.44. The Bertz CT molecular complexity index is 1610. The van der Waals surface area contributed by atoms with Gasteiger partial charge in [0.15, 0.2) is 0 Å². The molecular formula is C34H36N4O7. The molecule has 1 N–H and O–H groups in total. The van der Waals surface area contributed by atoms with Crippen molar-refractivity contribution in [3.05, 3.63) is 95.1 Å². The number of esters is 1. The van der Waals surface area contributed by atoms with E-state index in [9.17, 15) is 9.59 Å². The lowest BCUT2D eigenvalue weighted by atomic mass is 9.95. The third kappa shape index (κ3) is 8.47. The predicted octanol–water partition coefficient (Wildman–Crippen LogP) is 5.59. The fourth-order valence-corrected chi connectivity index (χ4v) is 4.78. The summed E-state index contributed by atoms with van der Waals surface area (Å²) in [6.07, 6.45) is 4.72. The van der Waals surface area contributed by atoms with Crippen molar-refractivity contribution >= 4 is 11.9 Å². The molecule has 0 spiro atoms. The first-order valence-electron chi connectivity index (χ1n) is 14.8. The minimum Gasteiger partial charge on any atom is -0.497 e. The highest BCUT2D eigenvalue weighted by molar-refractivity contribution is 5.91. The van der Waals surface area contributed by atoms with E-state index < -0.39 is 11.9 Å². The van der Waals surface area contributed by atoms with Crippen LogP contribution in [0.15, 0.2) is 82.7 Å². The van der Waals surface area contributed by atoms with Gasteiger partial charge in [-0.15, -0.1) is 0 Å². The number of nitrogens with one attached hydrogen (secondary N) is 1. The van der Waals surface area contributed by atoms with Crippen molar-refractivity contribution in [3.63, 3.8) is 0 Å². The Balaban J connectivity index is 1.13. The van der Waals surface area contributed by atoms with Gasteiger partial charge in [0.2, 0.25) is 17.6 Å².